The van der Waals surface area contributed by atoms with Gasteiger partial charge in [-0.2, -0.15) is 0 Å². The molecular formula is C40H42N6O14S. The smallest absolute Gasteiger partial charge is 0.410 e. The summed E-state index contributed by atoms with van der Waals surface area (Å²) in [4.78, 5) is 89.9. The Labute approximate surface area is 352 Å². The summed E-state index contributed by atoms with van der Waals surface area (Å²) in [6, 6.07) is 14.5. The zero-order chi connectivity index (χ0) is 44.3. The second-order valence-corrected chi connectivity index (χ2v) is 16.5. The number of ether oxygens (including phenoxy) is 2. The van der Waals surface area contributed by atoms with E-state index in [1.165, 1.54) is 101 Å². The van der Waals surface area contributed by atoms with Gasteiger partial charge >= 0.3 is 18.2 Å². The number of aliphatic hydroxyl groups excluding tert-OH is 1. The number of carbonyl (C=O) groups excluding carboxylic acids is 3. The number of benzene rings is 3. The molecule has 3 heterocycles. The number of carbonyl (C=O) groups is 4. The highest BCUT2D eigenvalue weighted by atomic mass is 32.2. The van der Waals surface area contributed by atoms with Gasteiger partial charge in [0.1, 0.15) is 18.9 Å². The molecule has 0 saturated carbocycles. The van der Waals surface area contributed by atoms with Crippen molar-refractivity contribution in [1.82, 2.24) is 14.7 Å². The number of esters is 1. The van der Waals surface area contributed by atoms with E-state index >= 15 is 0 Å². The number of fused-ring (bicyclic) bond motifs is 1. The minimum atomic E-state index is -1.26. The fraction of sp³-hybridized carbons (Fsp3) is 0.400. The van der Waals surface area contributed by atoms with Gasteiger partial charge in [-0.25, -0.2) is 14.4 Å². The molecule has 2 fully saturated rings. The van der Waals surface area contributed by atoms with Crippen molar-refractivity contribution in [3.05, 3.63) is 130 Å². The molecule has 21 heteroatoms. The van der Waals surface area contributed by atoms with Crippen LogP contribution in [0.2, 0.25) is 0 Å². The van der Waals surface area contributed by atoms with Gasteiger partial charge in [0.25, 0.3) is 17.1 Å². The molecule has 0 radical (unpaired) electrons. The van der Waals surface area contributed by atoms with Gasteiger partial charge < -0.3 is 34.4 Å². The second kappa shape index (κ2) is 18.3. The van der Waals surface area contributed by atoms with Crippen molar-refractivity contribution in [1.29, 1.82) is 0 Å². The molecule has 7 atom stereocenters. The van der Waals surface area contributed by atoms with Gasteiger partial charge in [-0.1, -0.05) is 19.1 Å². The van der Waals surface area contributed by atoms with Crippen molar-refractivity contribution in [3.63, 3.8) is 0 Å². The quantitative estimate of drug-likeness (QED) is 0.0724. The van der Waals surface area contributed by atoms with Crippen molar-refractivity contribution in [3.8, 4) is 0 Å². The number of nitro groups is 3. The Balaban J connectivity index is 1.24. The van der Waals surface area contributed by atoms with Crippen molar-refractivity contribution < 1.29 is 53.6 Å². The third kappa shape index (κ3) is 9.57. The standard InChI is InChI=1S/C40H42N6O14S/c1-22(41(39(50)51)18-25-4-10-28(11-5-25)44(53)54)16-31-17-32(19-42(31)40(52)60-21-27-8-14-30(15-9-27)46(57)58)61-36-23(2)34-33(24(3)47)37(48)43(34)35(36)38(49)59-20-26-6-12-29(13-7-26)45(55)56/h4-15,22-24,31-34,47H,16-21H2,1-3H3,(H,50,51)/t22?,23-,24-,31-,32+,33-,34-/m1/s1. The number of non-ortho nitro benzene ring substituents is 3. The Morgan fingerprint density at radius 2 is 1.33 bits per heavy atom. The van der Waals surface area contributed by atoms with Crippen LogP contribution in [-0.4, -0.2) is 99.8 Å². The van der Waals surface area contributed by atoms with E-state index in [0.717, 1.165) is 4.90 Å². The van der Waals surface area contributed by atoms with Crippen LogP contribution in [0.3, 0.4) is 0 Å². The molecule has 322 valence electrons. The third-order valence-corrected chi connectivity index (χ3v) is 12.6. The molecule has 61 heavy (non-hydrogen) atoms. The normalized spacial score (nSPS) is 21.6. The molecule has 6 rings (SSSR count). The van der Waals surface area contributed by atoms with Crippen LogP contribution in [0.15, 0.2) is 83.4 Å². The summed E-state index contributed by atoms with van der Waals surface area (Å²) in [5.74, 6) is -2.50. The van der Waals surface area contributed by atoms with Crippen LogP contribution in [0, 0.1) is 42.2 Å². The van der Waals surface area contributed by atoms with Crippen molar-refractivity contribution in [2.45, 2.75) is 82.9 Å². The van der Waals surface area contributed by atoms with Gasteiger partial charge in [-0.15, -0.1) is 11.8 Å². The number of likely N-dealkylation sites (tertiary alicyclic amines) is 1. The first-order valence-corrected chi connectivity index (χ1v) is 20.0. The number of aliphatic hydroxyl groups is 1. The van der Waals surface area contributed by atoms with E-state index in [9.17, 15) is 59.7 Å². The number of rotatable bonds is 16. The summed E-state index contributed by atoms with van der Waals surface area (Å²) in [5, 5.41) is 53.7. The zero-order valence-corrected chi connectivity index (χ0v) is 33.9. The number of nitrogens with zero attached hydrogens (tertiary/aromatic N) is 6. The molecule has 0 aromatic heterocycles. The molecule has 3 aromatic carbocycles. The summed E-state index contributed by atoms with van der Waals surface area (Å²) in [7, 11) is 0. The SMILES string of the molecule is CC(C[C@@H]1C[C@H](SC2=C(C(=O)OCc3ccc([N+](=O)[O-])cc3)N3C(=O)[C@H]([C@@H](C)O)[C@H]3[C@H]2C)CN1C(=O)OCc1ccc([N+](=O)[O-])cc1)N(Cc1ccc([N+](=O)[O-])cc1)C(=O)O. The topological polar surface area (TPSA) is 266 Å². The van der Waals surface area contributed by atoms with E-state index < -0.39 is 80.1 Å². The number of carboxylic acid groups (broad SMARTS) is 1. The van der Waals surface area contributed by atoms with Crippen molar-refractivity contribution in [2.24, 2.45) is 11.8 Å². The number of hydrogen-bond donors (Lipinski definition) is 2. The minimum Gasteiger partial charge on any atom is -0.465 e. The second-order valence-electron chi connectivity index (χ2n) is 15.1. The van der Waals surface area contributed by atoms with E-state index in [-0.39, 0.29) is 55.5 Å². The number of hydrogen-bond acceptors (Lipinski definition) is 14. The van der Waals surface area contributed by atoms with E-state index in [2.05, 4.69) is 0 Å². The molecule has 0 aliphatic carbocycles. The highest BCUT2D eigenvalue weighted by Crippen LogP contribution is 2.52. The molecule has 20 nitrogen and oxygen atoms in total. The van der Waals surface area contributed by atoms with E-state index in [4.69, 9.17) is 9.47 Å². The minimum absolute atomic E-state index is 0.00409. The summed E-state index contributed by atoms with van der Waals surface area (Å²) >= 11 is 1.27. The fourth-order valence-corrected chi connectivity index (χ4v) is 9.54. The molecule has 3 aliphatic rings. The monoisotopic (exact) mass is 862 g/mol. The van der Waals surface area contributed by atoms with Crippen LogP contribution in [0.4, 0.5) is 26.7 Å². The van der Waals surface area contributed by atoms with Crippen LogP contribution in [0.25, 0.3) is 0 Å². The average Bonchev–Trinajstić information content (AvgIpc) is 3.73. The maximum absolute atomic E-state index is 13.9. The molecule has 0 spiro atoms. The number of amides is 3. The maximum atomic E-state index is 13.9. The largest absolute Gasteiger partial charge is 0.465 e. The third-order valence-electron chi connectivity index (χ3n) is 11.1. The maximum Gasteiger partial charge on any atom is 0.410 e. The van der Waals surface area contributed by atoms with Crippen LogP contribution in [0.5, 0.6) is 0 Å². The van der Waals surface area contributed by atoms with Crippen LogP contribution < -0.4 is 0 Å². The predicted molar refractivity (Wildman–Crippen MR) is 215 cm³/mol. The molecule has 1 unspecified atom stereocenters. The Morgan fingerprint density at radius 3 is 1.80 bits per heavy atom. The van der Waals surface area contributed by atoms with E-state index in [1.54, 1.807) is 6.92 Å². The van der Waals surface area contributed by atoms with Gasteiger partial charge in [0.15, 0.2) is 0 Å². The Kier molecular flexibility index (Phi) is 13.2. The van der Waals surface area contributed by atoms with Crippen LogP contribution in [0.1, 0.15) is 50.3 Å². The lowest BCUT2D eigenvalue weighted by Crippen LogP contribution is -2.63. The Bertz CT molecular complexity index is 2240. The van der Waals surface area contributed by atoms with Gasteiger partial charge in [0, 0.05) is 77.6 Å². The van der Waals surface area contributed by atoms with Crippen molar-refractivity contribution in [2.75, 3.05) is 6.54 Å². The highest BCUT2D eigenvalue weighted by Gasteiger charge is 2.60. The summed E-state index contributed by atoms with van der Waals surface area (Å²) < 4.78 is 11.3. The van der Waals surface area contributed by atoms with Gasteiger partial charge in [-0.3, -0.25) is 35.1 Å². The van der Waals surface area contributed by atoms with Crippen molar-refractivity contribution >= 4 is 52.9 Å². The molecule has 2 N–H and O–H groups in total. The first kappa shape index (κ1) is 44.0. The van der Waals surface area contributed by atoms with E-state index in [1.807, 2.05) is 6.92 Å². The Morgan fingerprint density at radius 1 is 0.836 bits per heavy atom. The van der Waals surface area contributed by atoms with Crippen LogP contribution in [-0.2, 0) is 38.8 Å². The molecule has 2 saturated heterocycles. The lowest BCUT2D eigenvalue weighted by Gasteiger charge is -2.46. The zero-order valence-electron chi connectivity index (χ0n) is 33.1. The average molecular weight is 863 g/mol. The molecule has 0 bridgehead atoms. The molecule has 3 aromatic rings. The lowest BCUT2D eigenvalue weighted by atomic mass is 9.79. The number of thioether (sulfide) groups is 1. The summed E-state index contributed by atoms with van der Waals surface area (Å²) in [6.07, 6.45) is -2.57. The molecular weight excluding hydrogens is 821 g/mol. The molecule has 3 amide bonds. The first-order valence-electron chi connectivity index (χ1n) is 19.2. The highest BCUT2D eigenvalue weighted by molar-refractivity contribution is 8.03. The summed E-state index contributed by atoms with van der Waals surface area (Å²) in [6.45, 7) is 4.50. The predicted octanol–water partition coefficient (Wildman–Crippen LogP) is 6.00. The fourth-order valence-electron chi connectivity index (χ4n) is 7.98. The number of β-lactam (4-membered cyclic amide) rings is 1. The first-order chi connectivity index (χ1) is 28.9. The summed E-state index contributed by atoms with van der Waals surface area (Å²) in [5.41, 5.74) is 1.01. The van der Waals surface area contributed by atoms with Crippen LogP contribution >= 0.6 is 11.8 Å². The Hall–Kier alpha value is -6.61. The lowest BCUT2D eigenvalue weighted by molar-refractivity contribution is -0.385. The van der Waals surface area contributed by atoms with Gasteiger partial charge in [0.2, 0.25) is 5.91 Å². The molecule has 3 aliphatic heterocycles. The number of nitro benzene ring substituents is 3. The van der Waals surface area contributed by atoms with Gasteiger partial charge in [-0.05, 0) is 67.6 Å². The van der Waals surface area contributed by atoms with E-state index in [0.29, 0.717) is 28.0 Å². The van der Waals surface area contributed by atoms with Gasteiger partial charge in [0.05, 0.1) is 32.8 Å².